The molecule has 3 rings (SSSR count). The first kappa shape index (κ1) is 13.7. The summed E-state index contributed by atoms with van der Waals surface area (Å²) in [6.07, 6.45) is 1.77. The van der Waals surface area contributed by atoms with E-state index in [1.165, 1.54) is 0 Å². The lowest BCUT2D eigenvalue weighted by Gasteiger charge is -2.26. The highest BCUT2D eigenvalue weighted by Crippen LogP contribution is 2.34. The fourth-order valence-corrected chi connectivity index (χ4v) is 2.93. The summed E-state index contributed by atoms with van der Waals surface area (Å²) in [4.78, 5) is 16.2. The molecule has 1 atom stereocenters. The van der Waals surface area contributed by atoms with Crippen molar-refractivity contribution >= 4 is 17.3 Å². The zero-order valence-electron chi connectivity index (χ0n) is 12.4. The molecule has 0 spiro atoms. The molecule has 2 aromatic rings. The second-order valence-corrected chi connectivity index (χ2v) is 5.69. The van der Waals surface area contributed by atoms with E-state index in [4.69, 9.17) is 0 Å². The minimum absolute atomic E-state index is 0.0951. The number of carbonyl (C=O) groups is 1. The molecule has 1 N–H and O–H groups in total. The van der Waals surface area contributed by atoms with Gasteiger partial charge in [-0.3, -0.25) is 9.89 Å². The van der Waals surface area contributed by atoms with Crippen LogP contribution < -0.4 is 9.80 Å². The van der Waals surface area contributed by atoms with Gasteiger partial charge < -0.3 is 9.80 Å². The number of anilines is 2. The van der Waals surface area contributed by atoms with Gasteiger partial charge in [-0.15, -0.1) is 0 Å². The minimum atomic E-state index is 0.0951. The zero-order chi connectivity index (χ0) is 14.8. The van der Waals surface area contributed by atoms with Crippen LogP contribution in [0.25, 0.3) is 0 Å². The molecule has 1 amide bonds. The molecule has 0 saturated heterocycles. The van der Waals surface area contributed by atoms with Gasteiger partial charge in [-0.25, -0.2) is 0 Å². The van der Waals surface area contributed by atoms with Crippen LogP contribution in [0.1, 0.15) is 19.5 Å². The summed E-state index contributed by atoms with van der Waals surface area (Å²) in [6, 6.07) is 10.1. The normalized spacial score (nSPS) is 18.3. The maximum absolute atomic E-state index is 12.0. The van der Waals surface area contributed by atoms with Crippen LogP contribution in [-0.4, -0.2) is 29.2 Å². The van der Waals surface area contributed by atoms with Crippen LogP contribution in [0.4, 0.5) is 11.4 Å². The van der Waals surface area contributed by atoms with Crippen molar-refractivity contribution < 1.29 is 4.79 Å². The van der Waals surface area contributed by atoms with E-state index in [1.807, 2.05) is 29.2 Å². The van der Waals surface area contributed by atoms with Crippen LogP contribution >= 0.6 is 0 Å². The molecule has 1 aliphatic heterocycles. The number of nitrogens with zero attached hydrogens (tertiary/aromatic N) is 3. The molecule has 0 fully saturated rings. The molecule has 5 heteroatoms. The van der Waals surface area contributed by atoms with Gasteiger partial charge in [-0.2, -0.15) is 5.10 Å². The molecule has 0 bridgehead atoms. The summed E-state index contributed by atoms with van der Waals surface area (Å²) in [5.74, 6) is 0.502. The summed E-state index contributed by atoms with van der Waals surface area (Å²) in [5.41, 5.74) is 3.17. The standard InChI is InChI=1S/C16H20N4O/c1-12-9-19(11-14-7-8-17-18-14)15-5-3-4-6-16(15)20(10-12)13(2)21/h3-8,12H,9-11H2,1-2H3,(H,17,18). The average Bonchev–Trinajstić information content (AvgIpc) is 2.92. The van der Waals surface area contributed by atoms with E-state index >= 15 is 0 Å². The Labute approximate surface area is 124 Å². The minimum Gasteiger partial charge on any atom is -0.364 e. The largest absolute Gasteiger partial charge is 0.364 e. The van der Waals surface area contributed by atoms with Crippen molar-refractivity contribution in [1.82, 2.24) is 10.2 Å². The molecule has 110 valence electrons. The Morgan fingerprint density at radius 3 is 2.71 bits per heavy atom. The second kappa shape index (κ2) is 5.60. The lowest BCUT2D eigenvalue weighted by Crippen LogP contribution is -2.33. The Morgan fingerprint density at radius 2 is 2.05 bits per heavy atom. The summed E-state index contributed by atoms with van der Waals surface area (Å²) >= 11 is 0. The molecule has 1 aromatic carbocycles. The molecule has 21 heavy (non-hydrogen) atoms. The monoisotopic (exact) mass is 284 g/mol. The first-order valence-electron chi connectivity index (χ1n) is 7.25. The number of fused-ring (bicyclic) bond motifs is 1. The van der Waals surface area contributed by atoms with Gasteiger partial charge in [-0.05, 0) is 24.1 Å². The second-order valence-electron chi connectivity index (χ2n) is 5.69. The van der Waals surface area contributed by atoms with Crippen LogP contribution in [0.3, 0.4) is 0 Å². The maximum atomic E-state index is 12.0. The molecule has 0 aliphatic carbocycles. The Hall–Kier alpha value is -2.30. The number of hydrogen-bond acceptors (Lipinski definition) is 3. The van der Waals surface area contributed by atoms with E-state index in [2.05, 4.69) is 28.1 Å². The molecule has 1 unspecified atom stereocenters. The smallest absolute Gasteiger partial charge is 0.223 e. The number of benzene rings is 1. The highest BCUT2D eigenvalue weighted by Gasteiger charge is 2.26. The zero-order valence-corrected chi connectivity index (χ0v) is 12.4. The van der Waals surface area contributed by atoms with Crippen LogP contribution in [0.2, 0.25) is 0 Å². The van der Waals surface area contributed by atoms with E-state index < -0.39 is 0 Å². The molecule has 1 aliphatic rings. The van der Waals surface area contributed by atoms with E-state index in [9.17, 15) is 4.79 Å². The molecule has 5 nitrogen and oxygen atoms in total. The summed E-state index contributed by atoms with van der Waals surface area (Å²) in [7, 11) is 0. The highest BCUT2D eigenvalue weighted by molar-refractivity contribution is 5.95. The quantitative estimate of drug-likeness (QED) is 0.921. The lowest BCUT2D eigenvalue weighted by atomic mass is 10.1. The van der Waals surface area contributed by atoms with Gasteiger partial charge in [0.05, 0.1) is 23.6 Å². The van der Waals surface area contributed by atoms with Crippen molar-refractivity contribution in [2.24, 2.45) is 5.92 Å². The summed E-state index contributed by atoms with van der Waals surface area (Å²) < 4.78 is 0. The fraction of sp³-hybridized carbons (Fsp3) is 0.375. The molecule has 2 heterocycles. The number of aromatic nitrogens is 2. The van der Waals surface area contributed by atoms with Gasteiger partial charge >= 0.3 is 0 Å². The van der Waals surface area contributed by atoms with Crippen molar-refractivity contribution in [2.45, 2.75) is 20.4 Å². The van der Waals surface area contributed by atoms with Gasteiger partial charge in [0.15, 0.2) is 0 Å². The predicted molar refractivity (Wildman–Crippen MR) is 83.3 cm³/mol. The van der Waals surface area contributed by atoms with E-state index in [0.29, 0.717) is 5.92 Å². The van der Waals surface area contributed by atoms with Crippen molar-refractivity contribution in [1.29, 1.82) is 0 Å². The van der Waals surface area contributed by atoms with Crippen LogP contribution in [0.15, 0.2) is 36.5 Å². The van der Waals surface area contributed by atoms with Crippen LogP contribution in [0.5, 0.6) is 0 Å². The first-order valence-corrected chi connectivity index (χ1v) is 7.25. The van der Waals surface area contributed by atoms with Crippen molar-refractivity contribution in [2.75, 3.05) is 22.9 Å². The number of H-pyrrole nitrogens is 1. The van der Waals surface area contributed by atoms with Crippen molar-refractivity contribution in [3.63, 3.8) is 0 Å². The SMILES string of the molecule is CC(=O)N1CC(C)CN(Cc2ccn[nH]2)c2ccccc21. The molecular weight excluding hydrogens is 264 g/mol. The lowest BCUT2D eigenvalue weighted by molar-refractivity contribution is -0.116. The Bertz CT molecular complexity index is 623. The van der Waals surface area contributed by atoms with E-state index in [0.717, 1.165) is 36.7 Å². The number of nitrogens with one attached hydrogen (secondary N) is 1. The molecule has 0 radical (unpaired) electrons. The Morgan fingerprint density at radius 1 is 1.29 bits per heavy atom. The van der Waals surface area contributed by atoms with Gasteiger partial charge in [0.1, 0.15) is 0 Å². The Balaban J connectivity index is 1.99. The van der Waals surface area contributed by atoms with Crippen LogP contribution in [0, 0.1) is 5.92 Å². The van der Waals surface area contributed by atoms with Crippen molar-refractivity contribution in [3.8, 4) is 0 Å². The van der Waals surface area contributed by atoms with E-state index in [1.54, 1.807) is 13.1 Å². The highest BCUT2D eigenvalue weighted by atomic mass is 16.2. The third-order valence-corrected chi connectivity index (χ3v) is 3.84. The van der Waals surface area contributed by atoms with Crippen molar-refractivity contribution in [3.05, 3.63) is 42.2 Å². The number of aromatic amines is 1. The number of hydrogen-bond donors (Lipinski definition) is 1. The van der Waals surface area contributed by atoms with Crippen LogP contribution in [-0.2, 0) is 11.3 Å². The average molecular weight is 284 g/mol. The summed E-state index contributed by atoms with van der Waals surface area (Å²) in [5, 5.41) is 7.03. The molecule has 1 aromatic heterocycles. The fourth-order valence-electron chi connectivity index (χ4n) is 2.93. The maximum Gasteiger partial charge on any atom is 0.223 e. The number of para-hydroxylation sites is 2. The predicted octanol–water partition coefficient (Wildman–Crippen LogP) is 2.42. The topological polar surface area (TPSA) is 52.2 Å². The number of rotatable bonds is 2. The first-order chi connectivity index (χ1) is 10.1. The number of amides is 1. The third-order valence-electron chi connectivity index (χ3n) is 3.84. The summed E-state index contributed by atoms with van der Waals surface area (Å²) in [6.45, 7) is 6.26. The van der Waals surface area contributed by atoms with E-state index in [-0.39, 0.29) is 5.91 Å². The van der Waals surface area contributed by atoms with Gasteiger partial charge in [0.2, 0.25) is 5.91 Å². The Kier molecular flexibility index (Phi) is 3.64. The molecular formula is C16H20N4O. The van der Waals surface area contributed by atoms with Gasteiger partial charge in [-0.1, -0.05) is 19.1 Å². The molecule has 0 saturated carbocycles. The number of carbonyl (C=O) groups excluding carboxylic acids is 1. The van der Waals surface area contributed by atoms with Gasteiger partial charge in [0, 0.05) is 26.2 Å². The van der Waals surface area contributed by atoms with Gasteiger partial charge in [0.25, 0.3) is 0 Å². The third kappa shape index (κ3) is 2.77.